The van der Waals surface area contributed by atoms with Gasteiger partial charge in [-0.2, -0.15) is 0 Å². The minimum Gasteiger partial charge on any atom is -0.507 e. The van der Waals surface area contributed by atoms with Crippen molar-refractivity contribution >= 4 is 17.9 Å². The van der Waals surface area contributed by atoms with Gasteiger partial charge in [-0.05, 0) is 51.2 Å². The van der Waals surface area contributed by atoms with Gasteiger partial charge >= 0.3 is 6.09 Å². The van der Waals surface area contributed by atoms with Crippen LogP contribution in [0.5, 0.6) is 5.75 Å². The molecule has 3 amide bonds. The molecular formula is C31H45N3O5. The molecule has 0 saturated carbocycles. The van der Waals surface area contributed by atoms with Crippen LogP contribution in [0.25, 0.3) is 0 Å². The third-order valence-electron chi connectivity index (χ3n) is 6.62. The van der Waals surface area contributed by atoms with Crippen molar-refractivity contribution < 1.29 is 24.2 Å². The topological polar surface area (TPSA) is 108 Å². The first-order valence-corrected chi connectivity index (χ1v) is 13.8. The number of aryl methyl sites for hydroxylation is 1. The van der Waals surface area contributed by atoms with E-state index in [0.717, 1.165) is 12.0 Å². The quantitative estimate of drug-likeness (QED) is 0.324. The number of nitrogens with zero attached hydrogens (tertiary/aromatic N) is 1. The predicted octanol–water partition coefficient (Wildman–Crippen LogP) is 5.63. The van der Waals surface area contributed by atoms with E-state index < -0.39 is 35.6 Å². The fourth-order valence-electron chi connectivity index (χ4n) is 4.23. The Hall–Kier alpha value is -3.55. The van der Waals surface area contributed by atoms with Gasteiger partial charge in [0.1, 0.15) is 23.4 Å². The van der Waals surface area contributed by atoms with Crippen LogP contribution in [0, 0.1) is 12.8 Å². The molecule has 0 aliphatic carbocycles. The highest BCUT2D eigenvalue weighted by molar-refractivity contribution is 5.92. The number of para-hydroxylation sites is 1. The van der Waals surface area contributed by atoms with E-state index >= 15 is 0 Å². The highest BCUT2D eigenvalue weighted by Gasteiger charge is 2.39. The maximum atomic E-state index is 14.2. The summed E-state index contributed by atoms with van der Waals surface area (Å²) >= 11 is 0. The smallest absolute Gasteiger partial charge is 0.408 e. The van der Waals surface area contributed by atoms with Gasteiger partial charge in [0, 0.05) is 18.7 Å². The van der Waals surface area contributed by atoms with Gasteiger partial charge in [0.2, 0.25) is 11.8 Å². The van der Waals surface area contributed by atoms with Crippen molar-refractivity contribution in [3.05, 3.63) is 65.2 Å². The zero-order valence-electron chi connectivity index (χ0n) is 24.4. The second kappa shape index (κ2) is 14.6. The number of carbonyl (C=O) groups is 3. The van der Waals surface area contributed by atoms with Crippen molar-refractivity contribution in [2.75, 3.05) is 6.54 Å². The van der Waals surface area contributed by atoms with E-state index in [2.05, 4.69) is 10.6 Å². The number of nitrogens with one attached hydrogen (secondary N) is 2. The first-order valence-electron chi connectivity index (χ1n) is 13.8. The van der Waals surface area contributed by atoms with Crippen LogP contribution in [0.4, 0.5) is 4.79 Å². The van der Waals surface area contributed by atoms with Crippen LogP contribution in [-0.4, -0.2) is 46.1 Å². The molecular weight excluding hydrogens is 494 g/mol. The largest absolute Gasteiger partial charge is 0.507 e. The molecule has 0 saturated heterocycles. The fraction of sp³-hybridized carbons (Fsp3) is 0.516. The van der Waals surface area contributed by atoms with E-state index in [9.17, 15) is 19.5 Å². The van der Waals surface area contributed by atoms with Gasteiger partial charge in [0.15, 0.2) is 0 Å². The van der Waals surface area contributed by atoms with Crippen LogP contribution in [0.2, 0.25) is 0 Å². The second-order valence-electron chi connectivity index (χ2n) is 11.0. The standard InChI is InChI=1S/C31H45N3O5/c1-8-10-19-34(29(37)25(21(3)9-2)33-30(38)39-31(5,6)7)26(24-18-14-15-22(4)27(24)35)28(36)32-20-23-16-12-11-13-17-23/h11-18,21,25-26,35H,8-10,19-20H2,1-7H3,(H,32,36)(H,33,38). The van der Waals surface area contributed by atoms with E-state index in [-0.39, 0.29) is 24.8 Å². The lowest BCUT2D eigenvalue weighted by Crippen LogP contribution is -2.55. The maximum Gasteiger partial charge on any atom is 0.408 e. The molecule has 3 atom stereocenters. The van der Waals surface area contributed by atoms with Crippen molar-refractivity contribution in [1.82, 2.24) is 15.5 Å². The SMILES string of the molecule is CCCCN(C(=O)C(NC(=O)OC(C)(C)C)C(C)CC)C(C(=O)NCc1ccccc1)c1cccc(C)c1O. The summed E-state index contributed by atoms with van der Waals surface area (Å²) in [6.07, 6.45) is 1.35. The summed E-state index contributed by atoms with van der Waals surface area (Å²) in [5.41, 5.74) is 1.11. The third kappa shape index (κ3) is 9.30. The van der Waals surface area contributed by atoms with E-state index in [1.807, 2.05) is 51.1 Å². The normalized spacial score (nSPS) is 13.6. The Labute approximate surface area is 233 Å². The molecule has 2 rings (SSSR count). The molecule has 8 heteroatoms. The Balaban J connectivity index is 2.53. The predicted molar refractivity (Wildman–Crippen MR) is 153 cm³/mol. The highest BCUT2D eigenvalue weighted by Crippen LogP contribution is 2.33. The van der Waals surface area contributed by atoms with Gasteiger partial charge in [-0.15, -0.1) is 0 Å². The van der Waals surface area contributed by atoms with E-state index in [0.29, 0.717) is 24.0 Å². The summed E-state index contributed by atoms with van der Waals surface area (Å²) in [4.78, 5) is 42.3. The summed E-state index contributed by atoms with van der Waals surface area (Å²) in [6.45, 7) is 13.4. The lowest BCUT2D eigenvalue weighted by Gasteiger charge is -2.36. The number of carbonyl (C=O) groups excluding carboxylic acids is 3. The van der Waals surface area contributed by atoms with Gasteiger partial charge < -0.3 is 25.4 Å². The van der Waals surface area contributed by atoms with Crippen LogP contribution in [-0.2, 0) is 20.9 Å². The molecule has 8 nitrogen and oxygen atoms in total. The third-order valence-corrected chi connectivity index (χ3v) is 6.62. The zero-order chi connectivity index (χ0) is 29.2. The van der Waals surface area contributed by atoms with Gasteiger partial charge in [0.05, 0.1) is 0 Å². The molecule has 0 heterocycles. The van der Waals surface area contributed by atoms with Gasteiger partial charge in [-0.1, -0.05) is 82.1 Å². The van der Waals surface area contributed by atoms with Crippen molar-refractivity contribution in [3.8, 4) is 5.75 Å². The molecule has 2 aromatic rings. The molecule has 0 aliphatic rings. The number of benzene rings is 2. The van der Waals surface area contributed by atoms with E-state index in [1.165, 1.54) is 4.90 Å². The summed E-state index contributed by atoms with van der Waals surface area (Å²) in [6, 6.07) is 12.7. The molecule has 0 bridgehead atoms. The van der Waals surface area contributed by atoms with Gasteiger partial charge in [-0.25, -0.2) is 4.79 Å². The monoisotopic (exact) mass is 539 g/mol. The molecule has 2 aromatic carbocycles. The second-order valence-corrected chi connectivity index (χ2v) is 11.0. The zero-order valence-corrected chi connectivity index (χ0v) is 24.4. The first-order chi connectivity index (χ1) is 18.4. The van der Waals surface area contributed by atoms with Crippen molar-refractivity contribution in [2.24, 2.45) is 5.92 Å². The Bertz CT molecular complexity index is 1100. The minimum atomic E-state index is -1.10. The van der Waals surface area contributed by atoms with Crippen LogP contribution < -0.4 is 10.6 Å². The highest BCUT2D eigenvalue weighted by atomic mass is 16.6. The van der Waals surface area contributed by atoms with E-state index in [1.54, 1.807) is 45.9 Å². The number of alkyl carbamates (subject to hydrolysis) is 1. The Kier molecular flexibility index (Phi) is 11.8. The number of unbranched alkanes of at least 4 members (excludes halogenated alkanes) is 1. The Morgan fingerprint density at radius 2 is 1.69 bits per heavy atom. The van der Waals surface area contributed by atoms with Crippen LogP contribution >= 0.6 is 0 Å². The minimum absolute atomic E-state index is 0.0353. The number of hydrogen-bond donors (Lipinski definition) is 3. The molecule has 0 spiro atoms. The molecule has 3 unspecified atom stereocenters. The fourth-order valence-corrected chi connectivity index (χ4v) is 4.23. The Morgan fingerprint density at radius 3 is 2.28 bits per heavy atom. The summed E-state index contributed by atoms with van der Waals surface area (Å²) in [7, 11) is 0. The number of hydrogen-bond acceptors (Lipinski definition) is 5. The van der Waals surface area contributed by atoms with Crippen molar-refractivity contribution in [1.29, 1.82) is 0 Å². The van der Waals surface area contributed by atoms with Gasteiger partial charge in [0.25, 0.3) is 0 Å². The van der Waals surface area contributed by atoms with E-state index in [4.69, 9.17) is 4.74 Å². The van der Waals surface area contributed by atoms with Crippen molar-refractivity contribution in [3.63, 3.8) is 0 Å². The number of aromatic hydroxyl groups is 1. The average molecular weight is 540 g/mol. The molecule has 3 N–H and O–H groups in total. The summed E-state index contributed by atoms with van der Waals surface area (Å²) < 4.78 is 5.45. The molecule has 39 heavy (non-hydrogen) atoms. The molecule has 214 valence electrons. The number of rotatable bonds is 12. The maximum absolute atomic E-state index is 14.2. The van der Waals surface area contributed by atoms with Crippen LogP contribution in [0.15, 0.2) is 48.5 Å². The molecule has 0 aliphatic heterocycles. The van der Waals surface area contributed by atoms with Crippen molar-refractivity contribution in [2.45, 2.75) is 92.0 Å². The molecule has 0 radical (unpaired) electrons. The Morgan fingerprint density at radius 1 is 1.03 bits per heavy atom. The molecule has 0 aromatic heterocycles. The van der Waals surface area contributed by atoms with Gasteiger partial charge in [-0.3, -0.25) is 9.59 Å². The number of phenols is 1. The summed E-state index contributed by atoms with van der Waals surface area (Å²) in [5, 5.41) is 16.7. The number of amides is 3. The first kappa shape index (κ1) is 31.7. The molecule has 0 fully saturated rings. The summed E-state index contributed by atoms with van der Waals surface area (Å²) in [5.74, 6) is -1.08. The lowest BCUT2D eigenvalue weighted by atomic mass is 9.94. The number of phenolic OH excluding ortho intramolecular Hbond substituents is 1. The lowest BCUT2D eigenvalue weighted by molar-refractivity contribution is -0.143. The van der Waals surface area contributed by atoms with Crippen LogP contribution in [0.1, 0.15) is 83.5 Å². The van der Waals surface area contributed by atoms with Crippen LogP contribution in [0.3, 0.4) is 0 Å². The number of ether oxygens (including phenoxy) is 1. The average Bonchev–Trinajstić information content (AvgIpc) is 2.89.